The van der Waals surface area contributed by atoms with Crippen molar-refractivity contribution in [1.82, 2.24) is 15.4 Å². The number of hydrazine groups is 1. The van der Waals surface area contributed by atoms with Crippen LogP contribution in [0, 0.1) is 10.1 Å². The van der Waals surface area contributed by atoms with Gasteiger partial charge in [-0.1, -0.05) is 60.7 Å². The second kappa shape index (κ2) is 11.4. The van der Waals surface area contributed by atoms with Crippen molar-refractivity contribution in [2.75, 3.05) is 17.4 Å². The lowest BCUT2D eigenvalue weighted by atomic mass is 10.1. The van der Waals surface area contributed by atoms with Gasteiger partial charge in [-0.3, -0.25) is 25.8 Å². The van der Waals surface area contributed by atoms with Crippen LogP contribution in [-0.2, 0) is 13.1 Å². The van der Waals surface area contributed by atoms with E-state index in [4.69, 9.17) is 4.74 Å². The van der Waals surface area contributed by atoms with Crippen LogP contribution in [0.3, 0.4) is 0 Å². The van der Waals surface area contributed by atoms with Crippen molar-refractivity contribution in [3.05, 3.63) is 118 Å². The number of methoxy groups -OCH3 is 1. The van der Waals surface area contributed by atoms with Crippen molar-refractivity contribution in [3.63, 3.8) is 0 Å². The standard InChI is InChI=1S/C26H24N6O4/c1-36-22-14-12-21(13-15-22)26(33)30-29-24-23(32(34)35)25(28-18-27-24)31(16-19-8-4-2-5-9-19)17-20-10-6-3-7-11-20/h2-15,18H,16-17H2,1H3,(H,30,33)(H,27,28,29). The van der Waals surface area contributed by atoms with E-state index in [0.717, 1.165) is 11.1 Å². The number of carbonyl (C=O) groups is 1. The first-order valence-electron chi connectivity index (χ1n) is 11.1. The van der Waals surface area contributed by atoms with Crippen LogP contribution in [0.2, 0.25) is 0 Å². The summed E-state index contributed by atoms with van der Waals surface area (Å²) in [6.45, 7) is 0.760. The Balaban J connectivity index is 1.63. The fourth-order valence-corrected chi connectivity index (χ4v) is 3.60. The van der Waals surface area contributed by atoms with Crippen molar-refractivity contribution in [3.8, 4) is 5.75 Å². The Morgan fingerprint density at radius 1 is 0.917 bits per heavy atom. The molecule has 1 heterocycles. The van der Waals surface area contributed by atoms with Crippen LogP contribution >= 0.6 is 0 Å². The van der Waals surface area contributed by atoms with Crippen LogP contribution < -0.4 is 20.5 Å². The molecule has 0 unspecified atom stereocenters. The third kappa shape index (κ3) is 5.92. The molecular formula is C26H24N6O4. The third-order valence-corrected chi connectivity index (χ3v) is 5.36. The summed E-state index contributed by atoms with van der Waals surface area (Å²) in [6.07, 6.45) is 1.23. The first-order chi connectivity index (χ1) is 17.5. The lowest BCUT2D eigenvalue weighted by Crippen LogP contribution is -2.31. The summed E-state index contributed by atoms with van der Waals surface area (Å²) in [5.41, 5.74) is 6.98. The number of ether oxygens (including phenoxy) is 1. The van der Waals surface area contributed by atoms with E-state index < -0.39 is 10.8 Å². The molecule has 0 saturated carbocycles. The molecule has 10 nitrogen and oxygen atoms in total. The molecule has 0 atom stereocenters. The summed E-state index contributed by atoms with van der Waals surface area (Å²) in [4.78, 5) is 34.3. The number of carbonyl (C=O) groups excluding carboxylic acids is 1. The molecule has 0 bridgehead atoms. The average Bonchev–Trinajstić information content (AvgIpc) is 2.92. The lowest BCUT2D eigenvalue weighted by molar-refractivity contribution is -0.383. The normalized spacial score (nSPS) is 10.4. The van der Waals surface area contributed by atoms with Crippen LogP contribution in [-0.4, -0.2) is 27.9 Å². The molecule has 1 amide bonds. The summed E-state index contributed by atoms with van der Waals surface area (Å²) in [5, 5.41) is 12.2. The van der Waals surface area contributed by atoms with Gasteiger partial charge in [-0.05, 0) is 35.4 Å². The largest absolute Gasteiger partial charge is 0.497 e. The van der Waals surface area contributed by atoms with Gasteiger partial charge in [0.2, 0.25) is 11.6 Å². The minimum atomic E-state index is -0.555. The third-order valence-electron chi connectivity index (χ3n) is 5.36. The minimum absolute atomic E-state index is 0.127. The number of rotatable bonds is 10. The molecule has 182 valence electrons. The Labute approximate surface area is 207 Å². The number of hydrogen-bond donors (Lipinski definition) is 2. The predicted molar refractivity (Wildman–Crippen MR) is 136 cm³/mol. The number of aromatic nitrogens is 2. The number of amides is 1. The Morgan fingerprint density at radius 3 is 2.03 bits per heavy atom. The van der Waals surface area contributed by atoms with Gasteiger partial charge in [0.1, 0.15) is 12.1 Å². The van der Waals surface area contributed by atoms with Gasteiger partial charge < -0.3 is 9.64 Å². The number of hydrogen-bond acceptors (Lipinski definition) is 8. The fourth-order valence-electron chi connectivity index (χ4n) is 3.60. The van der Waals surface area contributed by atoms with Crippen LogP contribution in [0.5, 0.6) is 5.75 Å². The maximum absolute atomic E-state index is 12.6. The van der Waals surface area contributed by atoms with Gasteiger partial charge in [0.15, 0.2) is 0 Å². The summed E-state index contributed by atoms with van der Waals surface area (Å²) in [5.74, 6) is 0.118. The zero-order valence-electron chi connectivity index (χ0n) is 19.5. The number of nitro groups is 1. The van der Waals surface area contributed by atoms with Gasteiger partial charge in [0.05, 0.1) is 12.0 Å². The second-order valence-electron chi connectivity index (χ2n) is 7.79. The topological polar surface area (TPSA) is 123 Å². The maximum atomic E-state index is 12.6. The van der Waals surface area contributed by atoms with Crippen molar-refractivity contribution in [1.29, 1.82) is 0 Å². The molecule has 0 radical (unpaired) electrons. The molecule has 36 heavy (non-hydrogen) atoms. The van der Waals surface area contributed by atoms with E-state index in [1.54, 1.807) is 29.2 Å². The van der Waals surface area contributed by atoms with Gasteiger partial charge in [-0.25, -0.2) is 9.97 Å². The molecule has 10 heteroatoms. The average molecular weight is 485 g/mol. The zero-order chi connectivity index (χ0) is 25.3. The monoisotopic (exact) mass is 484 g/mol. The maximum Gasteiger partial charge on any atom is 0.355 e. The molecule has 4 aromatic rings. The quantitative estimate of drug-likeness (QED) is 0.252. The molecule has 4 rings (SSSR count). The molecule has 0 aliphatic heterocycles. The molecule has 3 aromatic carbocycles. The van der Waals surface area contributed by atoms with Crippen molar-refractivity contribution in [2.24, 2.45) is 0 Å². The van der Waals surface area contributed by atoms with Gasteiger partial charge in [-0.2, -0.15) is 0 Å². The van der Waals surface area contributed by atoms with Crippen molar-refractivity contribution >= 4 is 23.2 Å². The highest BCUT2D eigenvalue weighted by molar-refractivity contribution is 5.95. The number of nitrogens with zero attached hydrogens (tertiary/aromatic N) is 4. The Morgan fingerprint density at radius 2 is 1.50 bits per heavy atom. The Hall–Kier alpha value is -4.99. The molecule has 0 saturated heterocycles. The van der Waals surface area contributed by atoms with E-state index in [2.05, 4.69) is 20.8 Å². The van der Waals surface area contributed by atoms with Gasteiger partial charge >= 0.3 is 5.69 Å². The minimum Gasteiger partial charge on any atom is -0.497 e. The van der Waals surface area contributed by atoms with Crippen LogP contribution in [0.1, 0.15) is 21.5 Å². The van der Waals surface area contributed by atoms with E-state index in [-0.39, 0.29) is 17.3 Å². The highest BCUT2D eigenvalue weighted by Crippen LogP contribution is 2.33. The molecule has 2 N–H and O–H groups in total. The molecule has 1 aromatic heterocycles. The summed E-state index contributed by atoms with van der Waals surface area (Å²) in [6, 6.07) is 25.7. The molecule has 0 aliphatic carbocycles. The molecule has 0 fully saturated rings. The van der Waals surface area contributed by atoms with E-state index in [1.165, 1.54) is 13.4 Å². The smallest absolute Gasteiger partial charge is 0.355 e. The van der Waals surface area contributed by atoms with Crippen molar-refractivity contribution < 1.29 is 14.5 Å². The SMILES string of the molecule is COc1ccc(C(=O)NNc2ncnc(N(Cc3ccccc3)Cc3ccccc3)c2[N+](=O)[O-])cc1. The highest BCUT2D eigenvalue weighted by Gasteiger charge is 2.28. The first kappa shape index (κ1) is 24.1. The predicted octanol–water partition coefficient (Wildman–Crippen LogP) is 4.36. The first-order valence-corrected chi connectivity index (χ1v) is 11.1. The van der Waals surface area contributed by atoms with Gasteiger partial charge in [0.25, 0.3) is 5.91 Å². The second-order valence-corrected chi connectivity index (χ2v) is 7.79. The number of anilines is 2. The summed E-state index contributed by atoms with van der Waals surface area (Å²) >= 11 is 0. The molecule has 0 spiro atoms. The van der Waals surface area contributed by atoms with Crippen LogP contribution in [0.25, 0.3) is 0 Å². The van der Waals surface area contributed by atoms with E-state index in [0.29, 0.717) is 24.4 Å². The summed E-state index contributed by atoms with van der Waals surface area (Å²) in [7, 11) is 1.53. The van der Waals surface area contributed by atoms with Crippen molar-refractivity contribution in [2.45, 2.75) is 13.1 Å². The highest BCUT2D eigenvalue weighted by atomic mass is 16.6. The Bertz CT molecular complexity index is 1280. The van der Waals surface area contributed by atoms with E-state index >= 15 is 0 Å². The number of benzene rings is 3. The lowest BCUT2D eigenvalue weighted by Gasteiger charge is -2.24. The van der Waals surface area contributed by atoms with E-state index in [1.807, 2.05) is 60.7 Å². The van der Waals surface area contributed by atoms with Crippen LogP contribution in [0.15, 0.2) is 91.3 Å². The summed E-state index contributed by atoms with van der Waals surface area (Å²) < 4.78 is 5.10. The Kier molecular flexibility index (Phi) is 7.66. The zero-order valence-corrected chi connectivity index (χ0v) is 19.5. The molecule has 0 aliphatic rings. The van der Waals surface area contributed by atoms with Gasteiger partial charge in [-0.15, -0.1) is 0 Å². The number of nitrogens with one attached hydrogen (secondary N) is 2. The van der Waals surface area contributed by atoms with Gasteiger partial charge in [0, 0.05) is 18.7 Å². The van der Waals surface area contributed by atoms with Crippen LogP contribution in [0.4, 0.5) is 17.3 Å². The van der Waals surface area contributed by atoms with E-state index in [9.17, 15) is 14.9 Å². The fraction of sp³-hybridized carbons (Fsp3) is 0.115. The molecular weight excluding hydrogens is 460 g/mol.